The first-order valence-corrected chi connectivity index (χ1v) is 8.19. The molecule has 0 bridgehead atoms. The van der Waals surface area contributed by atoms with Crippen molar-refractivity contribution in [1.29, 1.82) is 0 Å². The third-order valence-corrected chi connectivity index (χ3v) is 4.85. The Bertz CT molecular complexity index is 1090. The summed E-state index contributed by atoms with van der Waals surface area (Å²) in [7, 11) is 0. The minimum atomic E-state index is 0.509. The molecule has 0 aromatic carbocycles. The standard InChI is InChI=1S/C19H17N5/c1-10-4-5-21-8-14(10)17-6-12-13-7-16(11-2-3-11)24-19(13)22-9-15(12)18(20)23-17/h4-9,11H,2-3H2,1H3,(H2,20,23)(H,22,24). The van der Waals surface area contributed by atoms with Gasteiger partial charge in [0.25, 0.3) is 0 Å². The molecule has 0 spiro atoms. The first-order valence-electron chi connectivity index (χ1n) is 8.19. The number of nitrogens with two attached hydrogens (primary N) is 1. The van der Waals surface area contributed by atoms with Gasteiger partial charge in [-0.25, -0.2) is 9.97 Å². The number of fused-ring (bicyclic) bond motifs is 3. The van der Waals surface area contributed by atoms with Crippen LogP contribution in [-0.4, -0.2) is 19.9 Å². The van der Waals surface area contributed by atoms with E-state index in [1.54, 1.807) is 6.20 Å². The molecule has 5 nitrogen and oxygen atoms in total. The number of pyridine rings is 3. The zero-order valence-corrected chi connectivity index (χ0v) is 13.4. The number of nitrogens with zero attached hydrogens (tertiary/aromatic N) is 3. The Hall–Kier alpha value is -2.95. The summed E-state index contributed by atoms with van der Waals surface area (Å²) in [6, 6.07) is 6.31. The van der Waals surface area contributed by atoms with Gasteiger partial charge in [-0.2, -0.15) is 0 Å². The van der Waals surface area contributed by atoms with Gasteiger partial charge in [0, 0.05) is 46.0 Å². The average Bonchev–Trinajstić information content (AvgIpc) is 3.34. The first-order chi connectivity index (χ1) is 11.7. The average molecular weight is 315 g/mol. The van der Waals surface area contributed by atoms with Gasteiger partial charge < -0.3 is 10.7 Å². The number of nitrogen functional groups attached to an aromatic ring is 1. The fourth-order valence-electron chi connectivity index (χ4n) is 3.32. The molecular formula is C19H17N5. The smallest absolute Gasteiger partial charge is 0.138 e. The van der Waals surface area contributed by atoms with Crippen LogP contribution >= 0.6 is 0 Å². The fourth-order valence-corrected chi connectivity index (χ4v) is 3.32. The number of hydrogen-bond acceptors (Lipinski definition) is 4. The Balaban J connectivity index is 1.81. The van der Waals surface area contributed by atoms with Crippen LogP contribution in [0.2, 0.25) is 0 Å². The summed E-state index contributed by atoms with van der Waals surface area (Å²) < 4.78 is 0. The van der Waals surface area contributed by atoms with Crippen molar-refractivity contribution >= 4 is 27.6 Å². The van der Waals surface area contributed by atoms with Crippen LogP contribution in [0, 0.1) is 6.92 Å². The van der Waals surface area contributed by atoms with Crippen molar-refractivity contribution in [2.24, 2.45) is 0 Å². The predicted molar refractivity (Wildman–Crippen MR) is 95.8 cm³/mol. The molecular weight excluding hydrogens is 298 g/mol. The molecule has 0 atom stereocenters. The quantitative estimate of drug-likeness (QED) is 0.587. The molecule has 1 fully saturated rings. The molecule has 0 saturated heterocycles. The van der Waals surface area contributed by atoms with E-state index in [-0.39, 0.29) is 0 Å². The number of nitrogens with one attached hydrogen (secondary N) is 1. The molecule has 1 aliphatic carbocycles. The number of rotatable bonds is 2. The van der Waals surface area contributed by atoms with Crippen LogP contribution in [0.15, 0.2) is 36.8 Å². The van der Waals surface area contributed by atoms with Gasteiger partial charge in [-0.3, -0.25) is 4.98 Å². The maximum atomic E-state index is 6.23. The van der Waals surface area contributed by atoms with Gasteiger partial charge in [-0.1, -0.05) is 0 Å². The number of H-pyrrole nitrogens is 1. The molecule has 4 heterocycles. The van der Waals surface area contributed by atoms with Crippen LogP contribution in [-0.2, 0) is 0 Å². The van der Waals surface area contributed by atoms with Crippen LogP contribution < -0.4 is 5.73 Å². The SMILES string of the molecule is Cc1ccncc1-c1cc2c(cnc3[nH]c(C4CC4)cc32)c(N)n1. The fraction of sp³-hybridized carbons (Fsp3) is 0.211. The van der Waals surface area contributed by atoms with E-state index in [2.05, 4.69) is 39.0 Å². The monoisotopic (exact) mass is 315 g/mol. The van der Waals surface area contributed by atoms with E-state index in [9.17, 15) is 0 Å². The molecule has 3 N–H and O–H groups in total. The third kappa shape index (κ3) is 1.98. The van der Waals surface area contributed by atoms with E-state index < -0.39 is 0 Å². The molecule has 118 valence electrons. The first kappa shape index (κ1) is 13.5. The van der Waals surface area contributed by atoms with Gasteiger partial charge in [0.1, 0.15) is 11.5 Å². The lowest BCUT2D eigenvalue weighted by Crippen LogP contribution is -1.96. The van der Waals surface area contributed by atoms with E-state index in [0.717, 1.165) is 38.6 Å². The van der Waals surface area contributed by atoms with Crippen LogP contribution in [0.1, 0.15) is 30.0 Å². The second-order valence-corrected chi connectivity index (χ2v) is 6.56. The highest BCUT2D eigenvalue weighted by molar-refractivity contribution is 6.09. The molecule has 0 radical (unpaired) electrons. The minimum absolute atomic E-state index is 0.509. The van der Waals surface area contributed by atoms with Crippen molar-refractivity contribution in [1.82, 2.24) is 19.9 Å². The predicted octanol–water partition coefficient (Wildman–Crippen LogP) is 3.94. The molecule has 0 aliphatic heterocycles. The van der Waals surface area contributed by atoms with E-state index in [4.69, 9.17) is 5.73 Å². The van der Waals surface area contributed by atoms with Gasteiger partial charge in [0.2, 0.25) is 0 Å². The second-order valence-electron chi connectivity index (χ2n) is 6.56. The van der Waals surface area contributed by atoms with Crippen molar-refractivity contribution in [3.63, 3.8) is 0 Å². The number of anilines is 1. The molecule has 24 heavy (non-hydrogen) atoms. The maximum absolute atomic E-state index is 6.23. The Morgan fingerprint density at radius 1 is 1.12 bits per heavy atom. The Morgan fingerprint density at radius 3 is 2.79 bits per heavy atom. The van der Waals surface area contributed by atoms with Crippen molar-refractivity contribution < 1.29 is 0 Å². The molecule has 5 rings (SSSR count). The van der Waals surface area contributed by atoms with Crippen molar-refractivity contribution in [3.8, 4) is 11.3 Å². The topological polar surface area (TPSA) is 80.5 Å². The summed E-state index contributed by atoms with van der Waals surface area (Å²) in [4.78, 5) is 16.8. The van der Waals surface area contributed by atoms with Gasteiger partial charge in [-0.15, -0.1) is 0 Å². The minimum Gasteiger partial charge on any atom is -0.383 e. The van der Waals surface area contributed by atoms with Crippen LogP contribution in [0.5, 0.6) is 0 Å². The highest BCUT2D eigenvalue weighted by Crippen LogP contribution is 2.41. The van der Waals surface area contributed by atoms with Gasteiger partial charge in [0.05, 0.1) is 5.69 Å². The molecule has 4 aromatic heterocycles. The molecule has 1 saturated carbocycles. The summed E-state index contributed by atoms with van der Waals surface area (Å²) in [5.41, 5.74) is 11.4. The zero-order valence-electron chi connectivity index (χ0n) is 13.4. The van der Waals surface area contributed by atoms with Gasteiger partial charge in [0.15, 0.2) is 0 Å². The van der Waals surface area contributed by atoms with E-state index >= 15 is 0 Å². The van der Waals surface area contributed by atoms with E-state index in [1.165, 1.54) is 18.5 Å². The second kappa shape index (κ2) is 4.77. The largest absolute Gasteiger partial charge is 0.383 e. The maximum Gasteiger partial charge on any atom is 0.138 e. The van der Waals surface area contributed by atoms with E-state index in [0.29, 0.717) is 11.7 Å². The van der Waals surface area contributed by atoms with Crippen LogP contribution in [0.4, 0.5) is 5.82 Å². The number of hydrogen-bond donors (Lipinski definition) is 2. The summed E-state index contributed by atoms with van der Waals surface area (Å²) in [5, 5.41) is 3.11. The molecule has 0 unspecified atom stereocenters. The van der Waals surface area contributed by atoms with E-state index in [1.807, 2.05) is 18.5 Å². The number of aromatic nitrogens is 4. The lowest BCUT2D eigenvalue weighted by atomic mass is 10.0. The number of aromatic amines is 1. The van der Waals surface area contributed by atoms with Crippen LogP contribution in [0.3, 0.4) is 0 Å². The van der Waals surface area contributed by atoms with Crippen molar-refractivity contribution in [2.75, 3.05) is 5.73 Å². The van der Waals surface area contributed by atoms with Gasteiger partial charge in [-0.05, 0) is 49.4 Å². The molecule has 0 amide bonds. The Kier molecular flexibility index (Phi) is 2.68. The normalized spacial score (nSPS) is 14.5. The summed E-state index contributed by atoms with van der Waals surface area (Å²) in [6.45, 7) is 2.06. The Morgan fingerprint density at radius 2 is 2.00 bits per heavy atom. The highest BCUT2D eigenvalue weighted by Gasteiger charge is 2.25. The molecule has 1 aliphatic rings. The highest BCUT2D eigenvalue weighted by atomic mass is 14.9. The summed E-state index contributed by atoms with van der Waals surface area (Å²) in [5.74, 6) is 1.17. The van der Waals surface area contributed by atoms with Crippen LogP contribution in [0.25, 0.3) is 33.1 Å². The zero-order chi connectivity index (χ0) is 16.3. The number of aryl methyl sites for hydroxylation is 1. The third-order valence-electron chi connectivity index (χ3n) is 4.85. The van der Waals surface area contributed by atoms with Crippen molar-refractivity contribution in [2.45, 2.75) is 25.7 Å². The lowest BCUT2D eigenvalue weighted by molar-refractivity contribution is 1.05. The van der Waals surface area contributed by atoms with Crippen molar-refractivity contribution in [3.05, 3.63) is 48.0 Å². The van der Waals surface area contributed by atoms with Gasteiger partial charge >= 0.3 is 0 Å². The summed E-state index contributed by atoms with van der Waals surface area (Å²) in [6.07, 6.45) is 7.96. The summed E-state index contributed by atoms with van der Waals surface area (Å²) >= 11 is 0. The molecule has 4 aromatic rings. The lowest BCUT2D eigenvalue weighted by Gasteiger charge is -2.08. The Labute approximate surface area is 139 Å². The molecule has 5 heteroatoms.